The molecule has 0 aromatic heterocycles. The Morgan fingerprint density at radius 2 is 2.08 bits per heavy atom. The van der Waals surface area contributed by atoms with Crippen LogP contribution in [0.4, 0.5) is 4.39 Å². The van der Waals surface area contributed by atoms with Crippen molar-refractivity contribution in [3.8, 4) is 11.9 Å². The topological polar surface area (TPSA) is 122 Å². The highest BCUT2D eigenvalue weighted by atomic mass is 35.5. The number of nitriles is 1. The molecule has 0 aliphatic carbocycles. The van der Waals surface area contributed by atoms with Crippen LogP contribution < -0.4 is 15.8 Å². The normalized spacial score (nSPS) is 15.8. The molecule has 1 heterocycles. The lowest BCUT2D eigenvalue weighted by Crippen LogP contribution is -2.54. The molecular weight excluding hydrogens is 485 g/mol. The number of hydrogen-bond acceptors (Lipinski definition) is 6. The zero-order chi connectivity index (χ0) is 26.1. The number of nitrogens with zero attached hydrogens (tertiary/aromatic N) is 4. The molecule has 36 heavy (non-hydrogen) atoms. The molecule has 2 aromatic rings. The summed E-state index contributed by atoms with van der Waals surface area (Å²) in [6.45, 7) is 5.41. The molecule has 1 aliphatic rings. The number of ether oxygens (including phenoxy) is 1. The van der Waals surface area contributed by atoms with Crippen molar-refractivity contribution in [1.29, 1.82) is 10.7 Å². The summed E-state index contributed by atoms with van der Waals surface area (Å²) >= 11 is 6.18. The number of piperazine rings is 1. The van der Waals surface area contributed by atoms with Crippen molar-refractivity contribution in [2.45, 2.75) is 26.1 Å². The molecule has 2 aromatic carbocycles. The molecule has 1 aliphatic heterocycles. The number of carbonyl (C=O) groups excluding carboxylic acids is 1. The minimum absolute atomic E-state index is 0.00226. The van der Waals surface area contributed by atoms with Crippen LogP contribution in [0.25, 0.3) is 0 Å². The van der Waals surface area contributed by atoms with E-state index in [2.05, 4.69) is 10.2 Å². The lowest BCUT2D eigenvalue weighted by atomic mass is 10.1. The van der Waals surface area contributed by atoms with Gasteiger partial charge >= 0.3 is 0 Å². The number of halogens is 2. The molecule has 9 nitrogen and oxygen atoms in total. The number of amides is 1. The number of carbonyl (C=O) groups is 1. The van der Waals surface area contributed by atoms with Crippen LogP contribution in [0.3, 0.4) is 0 Å². The van der Waals surface area contributed by atoms with Gasteiger partial charge in [-0.3, -0.25) is 20.4 Å². The Labute approximate surface area is 215 Å². The number of rotatable bonds is 9. The van der Waals surface area contributed by atoms with Crippen LogP contribution >= 0.6 is 11.6 Å². The average molecular weight is 516 g/mol. The molecule has 1 fully saturated rings. The third-order valence-electron chi connectivity index (χ3n) is 5.98. The van der Waals surface area contributed by atoms with Gasteiger partial charge in [-0.1, -0.05) is 23.7 Å². The first-order valence-electron chi connectivity index (χ1n) is 11.7. The van der Waals surface area contributed by atoms with Crippen molar-refractivity contribution in [3.05, 3.63) is 64.4 Å². The van der Waals surface area contributed by atoms with E-state index in [9.17, 15) is 9.18 Å². The zero-order valence-corrected chi connectivity index (χ0v) is 21.0. The van der Waals surface area contributed by atoms with Gasteiger partial charge in [-0.2, -0.15) is 5.26 Å². The molecule has 192 valence electrons. The predicted octanol–water partition coefficient (Wildman–Crippen LogP) is 2.36. The van der Waals surface area contributed by atoms with E-state index in [1.165, 1.54) is 12.1 Å². The third kappa shape index (κ3) is 7.55. The van der Waals surface area contributed by atoms with Gasteiger partial charge in [-0.25, -0.2) is 4.39 Å². The van der Waals surface area contributed by atoms with Gasteiger partial charge in [0.2, 0.25) is 5.96 Å². The first kappa shape index (κ1) is 27.2. The minimum Gasteiger partial charge on any atom is -0.483 e. The summed E-state index contributed by atoms with van der Waals surface area (Å²) < 4.78 is 19.1. The van der Waals surface area contributed by atoms with E-state index in [0.29, 0.717) is 49.1 Å². The van der Waals surface area contributed by atoms with Gasteiger partial charge < -0.3 is 20.3 Å². The van der Waals surface area contributed by atoms with Crippen molar-refractivity contribution in [2.75, 3.05) is 39.3 Å². The molecule has 0 spiro atoms. The molecule has 1 amide bonds. The highest BCUT2D eigenvalue weighted by Crippen LogP contribution is 2.25. The fourth-order valence-electron chi connectivity index (χ4n) is 4.19. The van der Waals surface area contributed by atoms with Crippen LogP contribution in [0, 0.1) is 22.7 Å². The molecule has 1 saturated heterocycles. The molecule has 0 unspecified atom stereocenters. The molecule has 0 bridgehead atoms. The van der Waals surface area contributed by atoms with E-state index in [4.69, 9.17) is 32.7 Å². The zero-order valence-electron chi connectivity index (χ0n) is 20.2. The number of guanidine groups is 1. The van der Waals surface area contributed by atoms with Gasteiger partial charge in [-0.05, 0) is 42.8 Å². The minimum atomic E-state index is -0.254. The summed E-state index contributed by atoms with van der Waals surface area (Å²) in [4.78, 5) is 18.6. The Hall–Kier alpha value is -3.39. The second-order valence-electron chi connectivity index (χ2n) is 8.63. The quantitative estimate of drug-likeness (QED) is 0.203. The Morgan fingerprint density at radius 3 is 2.75 bits per heavy atom. The van der Waals surface area contributed by atoms with E-state index >= 15 is 0 Å². The lowest BCUT2D eigenvalue weighted by molar-refractivity contribution is -0.138. The number of benzene rings is 2. The van der Waals surface area contributed by atoms with Crippen LogP contribution in [-0.4, -0.2) is 71.9 Å². The second kappa shape index (κ2) is 13.1. The van der Waals surface area contributed by atoms with Gasteiger partial charge in [0.15, 0.2) is 12.8 Å². The second-order valence-corrected chi connectivity index (χ2v) is 9.07. The van der Waals surface area contributed by atoms with Crippen LogP contribution in [0.1, 0.15) is 18.1 Å². The summed E-state index contributed by atoms with van der Waals surface area (Å²) in [5.74, 6) is 0.0116. The molecule has 11 heteroatoms. The van der Waals surface area contributed by atoms with E-state index in [-0.39, 0.29) is 43.4 Å². The molecular formula is C25H31ClFN7O2. The summed E-state index contributed by atoms with van der Waals surface area (Å²) in [7, 11) is 0. The largest absolute Gasteiger partial charge is 0.483 e. The van der Waals surface area contributed by atoms with Gasteiger partial charge in [0.05, 0.1) is 0 Å². The number of hydrogen-bond donors (Lipinski definition) is 3. The summed E-state index contributed by atoms with van der Waals surface area (Å²) in [5.41, 5.74) is 7.37. The van der Waals surface area contributed by atoms with E-state index in [1.807, 2.05) is 11.8 Å². The Kier molecular flexibility index (Phi) is 9.87. The highest BCUT2D eigenvalue weighted by Gasteiger charge is 2.28. The summed E-state index contributed by atoms with van der Waals surface area (Å²) in [6.07, 6.45) is 1.73. The maximum Gasteiger partial charge on any atom is 0.260 e. The predicted molar refractivity (Wildman–Crippen MR) is 136 cm³/mol. The van der Waals surface area contributed by atoms with Crippen molar-refractivity contribution >= 4 is 23.5 Å². The van der Waals surface area contributed by atoms with Gasteiger partial charge in [-0.15, -0.1) is 0 Å². The monoisotopic (exact) mass is 515 g/mol. The lowest BCUT2D eigenvalue weighted by Gasteiger charge is -2.40. The average Bonchev–Trinajstić information content (AvgIpc) is 2.85. The van der Waals surface area contributed by atoms with Crippen molar-refractivity contribution in [3.63, 3.8) is 0 Å². The van der Waals surface area contributed by atoms with Gasteiger partial charge in [0.25, 0.3) is 5.91 Å². The summed E-state index contributed by atoms with van der Waals surface area (Å²) in [6, 6.07) is 11.5. The number of nitrogens with two attached hydrogens (primary N) is 1. The number of nitrogens with one attached hydrogen (secondary N) is 2. The molecule has 3 rings (SSSR count). The van der Waals surface area contributed by atoms with Crippen LogP contribution in [0.2, 0.25) is 5.02 Å². The van der Waals surface area contributed by atoms with E-state index in [0.717, 1.165) is 5.56 Å². The SMILES string of the molecule is C[C@@H]1CN(Cc2ccc(F)cc2)CCN1C(=O)COc1ccc(Cl)cc1CN(CCN)C(=N)NC#N. The third-order valence-corrected chi connectivity index (χ3v) is 6.21. The Morgan fingerprint density at radius 1 is 1.33 bits per heavy atom. The first-order valence-corrected chi connectivity index (χ1v) is 12.0. The smallest absolute Gasteiger partial charge is 0.260 e. The Bertz CT molecular complexity index is 1090. The molecule has 0 radical (unpaired) electrons. The van der Waals surface area contributed by atoms with Crippen molar-refractivity contribution in [1.82, 2.24) is 20.0 Å². The molecule has 0 saturated carbocycles. The molecule has 4 N–H and O–H groups in total. The Balaban J connectivity index is 1.59. The van der Waals surface area contributed by atoms with Crippen LogP contribution in [0.15, 0.2) is 42.5 Å². The highest BCUT2D eigenvalue weighted by molar-refractivity contribution is 6.30. The fraction of sp³-hybridized carbons (Fsp3) is 0.400. The van der Waals surface area contributed by atoms with E-state index < -0.39 is 0 Å². The van der Waals surface area contributed by atoms with Crippen LogP contribution in [0.5, 0.6) is 5.75 Å². The van der Waals surface area contributed by atoms with Gasteiger partial charge in [0.1, 0.15) is 11.6 Å². The van der Waals surface area contributed by atoms with Gasteiger partial charge in [0, 0.05) is 62.4 Å². The summed E-state index contributed by atoms with van der Waals surface area (Å²) in [5, 5.41) is 19.7. The van der Waals surface area contributed by atoms with Crippen LogP contribution in [-0.2, 0) is 17.9 Å². The fourth-order valence-corrected chi connectivity index (χ4v) is 4.39. The van der Waals surface area contributed by atoms with E-state index in [1.54, 1.807) is 41.4 Å². The first-order chi connectivity index (χ1) is 17.3. The standard InChI is InChI=1S/C25H31ClFN7O2/c1-18-13-32(14-19-2-5-22(27)6-3-19)10-11-34(18)24(35)16-36-23-7-4-21(26)12-20(23)15-33(9-8-28)25(30)31-17-29/h2-7,12,18H,8-11,13-16,28H2,1H3,(H2,30,31)/t18-/m1/s1. The van der Waals surface area contributed by atoms with Crippen molar-refractivity contribution in [2.24, 2.45) is 5.73 Å². The maximum atomic E-state index is 13.2. The molecule has 1 atom stereocenters. The van der Waals surface area contributed by atoms with Crippen molar-refractivity contribution < 1.29 is 13.9 Å². The maximum absolute atomic E-state index is 13.2.